The second-order valence-corrected chi connectivity index (χ2v) is 3.46. The van der Waals surface area contributed by atoms with E-state index in [1.807, 2.05) is 11.5 Å². The molecule has 0 aromatic heterocycles. The van der Waals surface area contributed by atoms with E-state index in [1.165, 1.54) is 0 Å². The Morgan fingerprint density at radius 3 is 2.08 bits per heavy atom. The Balaban J connectivity index is 3.72. The zero-order chi connectivity index (χ0) is 9.40. The van der Waals surface area contributed by atoms with Crippen molar-refractivity contribution in [2.75, 3.05) is 20.1 Å². The summed E-state index contributed by atoms with van der Waals surface area (Å²) in [6.07, 6.45) is 2.27. The molecule has 0 unspecified atom stereocenters. The van der Waals surface area contributed by atoms with Gasteiger partial charge in [-0.2, -0.15) is 4.41 Å². The van der Waals surface area contributed by atoms with Gasteiger partial charge in [-0.3, -0.25) is 0 Å². The summed E-state index contributed by atoms with van der Waals surface area (Å²) in [5, 5.41) is 2.21. The first kappa shape index (κ1) is 12.2. The lowest BCUT2D eigenvalue weighted by atomic mass is 10.4. The Labute approximate surface area is 79.3 Å². The summed E-state index contributed by atoms with van der Waals surface area (Å²) in [5.41, 5.74) is 0. The number of hydrogen-bond donors (Lipinski definition) is 1. The van der Waals surface area contributed by atoms with Gasteiger partial charge in [-0.25, -0.2) is 15.2 Å². The highest BCUT2D eigenvalue weighted by Gasteiger charge is 2.09. The molecular formula is C7H19N3OS. The molecule has 0 atom stereocenters. The molecule has 2 N–H and O–H groups in total. The fourth-order valence-electron chi connectivity index (χ4n) is 1.02. The number of hydrazine groups is 1. The summed E-state index contributed by atoms with van der Waals surface area (Å²) < 4.78 is 6.40. The second kappa shape index (κ2) is 7.82. The van der Waals surface area contributed by atoms with E-state index in [2.05, 4.69) is 23.1 Å². The maximum absolute atomic E-state index is 4.95. The van der Waals surface area contributed by atoms with Crippen LogP contribution in [-0.2, 0) is 4.28 Å². The van der Waals surface area contributed by atoms with Crippen LogP contribution in [0.15, 0.2) is 0 Å². The first-order chi connectivity index (χ1) is 5.76. The summed E-state index contributed by atoms with van der Waals surface area (Å²) in [5.74, 6) is 4.95. The average molecular weight is 193 g/mol. The maximum Gasteiger partial charge on any atom is 0.119 e. The van der Waals surface area contributed by atoms with Gasteiger partial charge in [-0.15, -0.1) is 0 Å². The molecule has 74 valence electrons. The molecule has 0 heterocycles. The van der Waals surface area contributed by atoms with Crippen molar-refractivity contribution in [3.05, 3.63) is 0 Å². The largest absolute Gasteiger partial charge is 0.230 e. The van der Waals surface area contributed by atoms with Gasteiger partial charge in [-0.1, -0.05) is 13.8 Å². The third-order valence-electron chi connectivity index (χ3n) is 1.51. The zero-order valence-corrected chi connectivity index (χ0v) is 8.93. The summed E-state index contributed by atoms with van der Waals surface area (Å²) in [6, 6.07) is 0. The predicted molar refractivity (Wildman–Crippen MR) is 52.8 cm³/mol. The zero-order valence-electron chi connectivity index (χ0n) is 8.12. The Kier molecular flexibility index (Phi) is 7.94. The first-order valence-electron chi connectivity index (χ1n) is 4.28. The Hall–Kier alpha value is 0.190. The van der Waals surface area contributed by atoms with Gasteiger partial charge in [0.05, 0.1) is 0 Å². The fraction of sp³-hybridized carbons (Fsp3) is 1.00. The van der Waals surface area contributed by atoms with E-state index in [-0.39, 0.29) is 0 Å². The predicted octanol–water partition coefficient (Wildman–Crippen LogP) is 1.41. The van der Waals surface area contributed by atoms with Gasteiger partial charge in [0, 0.05) is 20.1 Å². The topological polar surface area (TPSA) is 41.7 Å². The van der Waals surface area contributed by atoms with E-state index in [4.69, 9.17) is 5.90 Å². The van der Waals surface area contributed by atoms with Crippen molar-refractivity contribution >= 4 is 12.2 Å². The smallest absolute Gasteiger partial charge is 0.119 e. The third kappa shape index (κ3) is 4.95. The Bertz CT molecular complexity index is 98.7. The van der Waals surface area contributed by atoms with Crippen LogP contribution >= 0.6 is 12.2 Å². The van der Waals surface area contributed by atoms with Crippen LogP contribution in [0.4, 0.5) is 0 Å². The molecule has 0 spiro atoms. The van der Waals surface area contributed by atoms with Gasteiger partial charge in [0.15, 0.2) is 0 Å². The molecule has 0 amide bonds. The highest BCUT2D eigenvalue weighted by atomic mass is 32.2. The van der Waals surface area contributed by atoms with Gasteiger partial charge in [0.1, 0.15) is 12.2 Å². The Morgan fingerprint density at radius 2 is 1.75 bits per heavy atom. The SMILES string of the molecule is CCCN(CCC)N(C)SON. The van der Waals surface area contributed by atoms with Crippen molar-refractivity contribution in [1.82, 2.24) is 9.42 Å². The monoisotopic (exact) mass is 193 g/mol. The van der Waals surface area contributed by atoms with Crippen LogP contribution < -0.4 is 5.90 Å². The lowest BCUT2D eigenvalue weighted by Gasteiger charge is -2.28. The molecule has 0 aliphatic heterocycles. The molecule has 0 aromatic rings. The molecule has 0 aliphatic rings. The molecule has 0 aromatic carbocycles. The second-order valence-electron chi connectivity index (χ2n) is 2.59. The molecule has 0 radical (unpaired) electrons. The Morgan fingerprint density at radius 1 is 1.25 bits per heavy atom. The van der Waals surface area contributed by atoms with Gasteiger partial charge in [0.25, 0.3) is 0 Å². The van der Waals surface area contributed by atoms with Crippen molar-refractivity contribution in [2.24, 2.45) is 5.90 Å². The molecule has 5 heteroatoms. The van der Waals surface area contributed by atoms with E-state index in [0.717, 1.165) is 38.2 Å². The van der Waals surface area contributed by atoms with Crippen molar-refractivity contribution in [3.63, 3.8) is 0 Å². The third-order valence-corrected chi connectivity index (χ3v) is 2.05. The van der Waals surface area contributed by atoms with Gasteiger partial charge in [0.2, 0.25) is 0 Å². The molecule has 4 nitrogen and oxygen atoms in total. The summed E-state index contributed by atoms with van der Waals surface area (Å²) >= 11 is 1.16. The summed E-state index contributed by atoms with van der Waals surface area (Å²) in [4.78, 5) is 0. The minimum absolute atomic E-state index is 1.04. The van der Waals surface area contributed by atoms with Crippen LogP contribution in [0.3, 0.4) is 0 Å². The molecular weight excluding hydrogens is 174 g/mol. The fourth-order valence-corrected chi connectivity index (χ4v) is 1.40. The van der Waals surface area contributed by atoms with Crippen LogP contribution in [0.1, 0.15) is 26.7 Å². The van der Waals surface area contributed by atoms with E-state index < -0.39 is 0 Å². The highest BCUT2D eigenvalue weighted by molar-refractivity contribution is 7.92. The minimum atomic E-state index is 1.04. The quantitative estimate of drug-likeness (QED) is 0.376. The van der Waals surface area contributed by atoms with Crippen LogP contribution in [-0.4, -0.2) is 29.6 Å². The number of hydrogen-bond acceptors (Lipinski definition) is 5. The van der Waals surface area contributed by atoms with Crippen LogP contribution in [0.25, 0.3) is 0 Å². The molecule has 0 rings (SSSR count). The number of nitrogens with two attached hydrogens (primary N) is 1. The molecule has 0 saturated carbocycles. The van der Waals surface area contributed by atoms with Gasteiger partial charge in [-0.05, 0) is 12.8 Å². The van der Waals surface area contributed by atoms with Gasteiger partial charge < -0.3 is 0 Å². The summed E-state index contributed by atoms with van der Waals surface area (Å²) in [6.45, 7) is 6.40. The van der Waals surface area contributed by atoms with E-state index in [9.17, 15) is 0 Å². The molecule has 0 fully saturated rings. The molecule has 0 aliphatic carbocycles. The maximum atomic E-state index is 4.95. The van der Waals surface area contributed by atoms with Crippen LogP contribution in [0.2, 0.25) is 0 Å². The molecule has 0 saturated heterocycles. The highest BCUT2D eigenvalue weighted by Crippen LogP contribution is 2.10. The lowest BCUT2D eigenvalue weighted by molar-refractivity contribution is 0.0861. The average Bonchev–Trinajstić information content (AvgIpc) is 2.04. The van der Waals surface area contributed by atoms with E-state index >= 15 is 0 Å². The molecule has 0 bridgehead atoms. The lowest BCUT2D eigenvalue weighted by Crippen LogP contribution is -2.36. The first-order valence-corrected chi connectivity index (χ1v) is 4.98. The minimum Gasteiger partial charge on any atom is -0.230 e. The van der Waals surface area contributed by atoms with Crippen LogP contribution in [0, 0.1) is 0 Å². The van der Waals surface area contributed by atoms with Crippen molar-refractivity contribution in [1.29, 1.82) is 0 Å². The van der Waals surface area contributed by atoms with Crippen molar-refractivity contribution < 1.29 is 4.28 Å². The summed E-state index contributed by atoms with van der Waals surface area (Å²) in [7, 11) is 1.95. The van der Waals surface area contributed by atoms with Crippen LogP contribution in [0.5, 0.6) is 0 Å². The molecule has 12 heavy (non-hydrogen) atoms. The number of rotatable bonds is 7. The van der Waals surface area contributed by atoms with Crippen molar-refractivity contribution in [2.45, 2.75) is 26.7 Å². The van der Waals surface area contributed by atoms with Gasteiger partial charge >= 0.3 is 0 Å². The normalized spacial score (nSPS) is 11.5. The van der Waals surface area contributed by atoms with Crippen molar-refractivity contribution in [3.8, 4) is 0 Å². The van der Waals surface area contributed by atoms with E-state index in [0.29, 0.717) is 0 Å². The standard InChI is InChI=1S/C7H19N3OS/c1-4-6-10(7-5-2)9(3)12-11-8/h4-8H2,1-3H3. The number of nitrogens with zero attached hydrogens (tertiary/aromatic N) is 2. The van der Waals surface area contributed by atoms with E-state index in [1.54, 1.807) is 0 Å².